The second kappa shape index (κ2) is 6.63. The van der Waals surface area contributed by atoms with E-state index in [4.69, 9.17) is 10.5 Å². The number of hydrogen-bond donors (Lipinski definition) is 2. The Labute approximate surface area is 137 Å². The predicted molar refractivity (Wildman–Crippen MR) is 90.9 cm³/mol. The van der Waals surface area contributed by atoms with E-state index in [2.05, 4.69) is 27.3 Å². The molecule has 0 heterocycles. The van der Waals surface area contributed by atoms with Crippen molar-refractivity contribution in [2.75, 3.05) is 12.3 Å². The van der Waals surface area contributed by atoms with Gasteiger partial charge in [-0.2, -0.15) is 0 Å². The smallest absolute Gasteiger partial charge is 0.240 e. The van der Waals surface area contributed by atoms with Crippen molar-refractivity contribution in [1.29, 1.82) is 0 Å². The van der Waals surface area contributed by atoms with Gasteiger partial charge in [0.05, 0.1) is 14.2 Å². The van der Waals surface area contributed by atoms with Gasteiger partial charge in [0.25, 0.3) is 0 Å². The Bertz CT molecular complexity index is 748. The Morgan fingerprint density at radius 1 is 1.19 bits per heavy atom. The first-order valence-corrected chi connectivity index (χ1v) is 8.82. The summed E-state index contributed by atoms with van der Waals surface area (Å²) >= 11 is 2.14. The van der Waals surface area contributed by atoms with E-state index >= 15 is 0 Å². The minimum Gasteiger partial charge on any atom is -0.454 e. The highest BCUT2D eigenvalue weighted by Crippen LogP contribution is 2.32. The van der Waals surface area contributed by atoms with Gasteiger partial charge < -0.3 is 10.5 Å². The summed E-state index contributed by atoms with van der Waals surface area (Å²) in [5.74, 6) is 0.945. The third-order valence-corrected chi connectivity index (χ3v) is 5.12. The lowest BCUT2D eigenvalue weighted by atomic mass is 10.3. The highest BCUT2D eigenvalue weighted by molar-refractivity contribution is 14.1. The number of nitrogens with two attached hydrogens (primary N) is 1. The van der Waals surface area contributed by atoms with Crippen LogP contribution in [0.1, 0.15) is 6.92 Å². The lowest BCUT2D eigenvalue weighted by molar-refractivity contribution is 0.479. The number of ether oxygens (including phenoxy) is 1. The molecule has 0 saturated carbocycles. The van der Waals surface area contributed by atoms with Crippen molar-refractivity contribution < 1.29 is 13.2 Å². The molecule has 2 aromatic carbocycles. The zero-order valence-corrected chi connectivity index (χ0v) is 14.3. The minimum absolute atomic E-state index is 0.125. The lowest BCUT2D eigenvalue weighted by Crippen LogP contribution is -2.23. The molecule has 0 aliphatic heterocycles. The molecule has 0 bridgehead atoms. The van der Waals surface area contributed by atoms with E-state index in [0.717, 1.165) is 3.57 Å². The van der Waals surface area contributed by atoms with Crippen LogP contribution in [0.25, 0.3) is 0 Å². The van der Waals surface area contributed by atoms with Crippen molar-refractivity contribution in [2.24, 2.45) is 0 Å². The monoisotopic (exact) mass is 418 g/mol. The first-order valence-electron chi connectivity index (χ1n) is 6.25. The summed E-state index contributed by atoms with van der Waals surface area (Å²) in [6, 6.07) is 11.8. The predicted octanol–water partition coefficient (Wildman–Crippen LogP) is 2.96. The van der Waals surface area contributed by atoms with Gasteiger partial charge in [0.1, 0.15) is 5.75 Å². The van der Waals surface area contributed by atoms with Crippen molar-refractivity contribution in [3.05, 3.63) is 46.0 Å². The van der Waals surface area contributed by atoms with E-state index in [1.807, 2.05) is 18.2 Å². The largest absolute Gasteiger partial charge is 0.454 e. The highest BCUT2D eigenvalue weighted by Gasteiger charge is 2.15. The Balaban J connectivity index is 2.39. The lowest BCUT2D eigenvalue weighted by Gasteiger charge is -2.12. The van der Waals surface area contributed by atoms with Crippen LogP contribution >= 0.6 is 22.6 Å². The van der Waals surface area contributed by atoms with Gasteiger partial charge in [0.15, 0.2) is 5.75 Å². The molecular formula is C14H15IN2O3S. The Morgan fingerprint density at radius 2 is 1.90 bits per heavy atom. The number of sulfonamides is 1. The van der Waals surface area contributed by atoms with Crippen molar-refractivity contribution >= 4 is 38.3 Å². The number of nitrogens with one attached hydrogen (secondary N) is 1. The van der Waals surface area contributed by atoms with Crippen LogP contribution < -0.4 is 15.2 Å². The average molecular weight is 418 g/mol. The number of benzene rings is 2. The molecular weight excluding hydrogens is 403 g/mol. The van der Waals surface area contributed by atoms with Crippen molar-refractivity contribution in [3.8, 4) is 11.5 Å². The minimum atomic E-state index is -3.54. The van der Waals surface area contributed by atoms with Crippen LogP contribution in [0.2, 0.25) is 0 Å². The maximum Gasteiger partial charge on any atom is 0.240 e. The van der Waals surface area contributed by atoms with Gasteiger partial charge in [-0.1, -0.05) is 19.1 Å². The zero-order chi connectivity index (χ0) is 15.5. The Kier molecular flexibility index (Phi) is 5.07. The normalized spacial score (nSPS) is 11.3. The van der Waals surface area contributed by atoms with Gasteiger partial charge >= 0.3 is 0 Å². The molecule has 0 spiro atoms. The molecule has 0 saturated heterocycles. The quantitative estimate of drug-likeness (QED) is 0.578. The van der Waals surface area contributed by atoms with E-state index < -0.39 is 10.0 Å². The molecule has 2 aromatic rings. The highest BCUT2D eigenvalue weighted by atomic mass is 127. The molecule has 112 valence electrons. The van der Waals surface area contributed by atoms with Gasteiger partial charge in [-0.3, -0.25) is 0 Å². The van der Waals surface area contributed by atoms with E-state index in [0.29, 0.717) is 23.7 Å². The Hall–Kier alpha value is -1.32. The standard InChI is InChI=1S/C14H15IN2O3S/c1-2-17-21(18,19)10-7-8-12(16)14(9-10)20-13-6-4-3-5-11(13)15/h3-9,17H,2,16H2,1H3. The van der Waals surface area contributed by atoms with Gasteiger partial charge in [0, 0.05) is 12.6 Å². The summed E-state index contributed by atoms with van der Waals surface area (Å²) in [6.45, 7) is 2.04. The molecule has 0 fully saturated rings. The van der Waals surface area contributed by atoms with Crippen molar-refractivity contribution in [2.45, 2.75) is 11.8 Å². The van der Waals surface area contributed by atoms with E-state index in [1.54, 1.807) is 13.0 Å². The first kappa shape index (κ1) is 16.1. The fourth-order valence-corrected chi connectivity index (χ4v) is 3.24. The van der Waals surface area contributed by atoms with Crippen molar-refractivity contribution in [1.82, 2.24) is 4.72 Å². The summed E-state index contributed by atoms with van der Waals surface area (Å²) in [4.78, 5) is 0.125. The number of rotatable bonds is 5. The third kappa shape index (κ3) is 3.86. The molecule has 0 amide bonds. The van der Waals surface area contributed by atoms with Gasteiger partial charge in [-0.15, -0.1) is 0 Å². The van der Waals surface area contributed by atoms with E-state index in [1.165, 1.54) is 18.2 Å². The first-order chi connectivity index (χ1) is 9.94. The van der Waals surface area contributed by atoms with Crippen LogP contribution in [0.5, 0.6) is 11.5 Å². The number of hydrogen-bond acceptors (Lipinski definition) is 4. The average Bonchev–Trinajstić information content (AvgIpc) is 2.43. The van der Waals surface area contributed by atoms with Crippen LogP contribution in [0.3, 0.4) is 0 Å². The zero-order valence-electron chi connectivity index (χ0n) is 11.3. The van der Waals surface area contributed by atoms with E-state index in [9.17, 15) is 8.42 Å². The van der Waals surface area contributed by atoms with Crippen molar-refractivity contribution in [3.63, 3.8) is 0 Å². The summed E-state index contributed by atoms with van der Waals surface area (Å²) in [5, 5.41) is 0. The second-order valence-corrected chi connectivity index (χ2v) is 7.16. The van der Waals surface area contributed by atoms with Crippen LogP contribution in [0.15, 0.2) is 47.4 Å². The fraction of sp³-hybridized carbons (Fsp3) is 0.143. The molecule has 2 rings (SSSR count). The molecule has 0 unspecified atom stereocenters. The Morgan fingerprint density at radius 3 is 2.57 bits per heavy atom. The number of anilines is 1. The van der Waals surface area contributed by atoms with Crippen LogP contribution in [-0.2, 0) is 10.0 Å². The summed E-state index contributed by atoms with van der Waals surface area (Å²) in [5.41, 5.74) is 6.24. The topological polar surface area (TPSA) is 81.4 Å². The SMILES string of the molecule is CCNS(=O)(=O)c1ccc(N)c(Oc2ccccc2I)c1. The van der Waals surface area contributed by atoms with Crippen LogP contribution in [-0.4, -0.2) is 15.0 Å². The second-order valence-electron chi connectivity index (χ2n) is 4.23. The van der Waals surface area contributed by atoms with Gasteiger partial charge in [-0.25, -0.2) is 13.1 Å². The van der Waals surface area contributed by atoms with E-state index in [-0.39, 0.29) is 4.90 Å². The van der Waals surface area contributed by atoms with Crippen LogP contribution in [0, 0.1) is 3.57 Å². The molecule has 0 radical (unpaired) electrons. The van der Waals surface area contributed by atoms with Gasteiger partial charge in [-0.05, 0) is 46.9 Å². The molecule has 0 aliphatic carbocycles. The third-order valence-electron chi connectivity index (χ3n) is 2.69. The maximum absolute atomic E-state index is 12.0. The summed E-state index contributed by atoms with van der Waals surface area (Å²) < 4.78 is 33.1. The maximum atomic E-state index is 12.0. The van der Waals surface area contributed by atoms with Crippen LogP contribution in [0.4, 0.5) is 5.69 Å². The molecule has 0 atom stereocenters. The summed E-state index contributed by atoms with van der Waals surface area (Å²) in [7, 11) is -3.54. The fourth-order valence-electron chi connectivity index (χ4n) is 1.69. The molecule has 21 heavy (non-hydrogen) atoms. The number of para-hydroxylation sites is 1. The molecule has 5 nitrogen and oxygen atoms in total. The molecule has 7 heteroatoms. The summed E-state index contributed by atoms with van der Waals surface area (Å²) in [6.07, 6.45) is 0. The molecule has 0 aliphatic rings. The molecule has 0 aromatic heterocycles. The van der Waals surface area contributed by atoms with Gasteiger partial charge in [0.2, 0.25) is 10.0 Å². The number of halogens is 1. The number of nitrogen functional groups attached to an aromatic ring is 1. The molecule has 3 N–H and O–H groups in total.